The molecule has 2 rings (SSSR count). The number of likely N-dealkylation sites (N-methyl/N-ethyl adjacent to an activating group) is 1. The number of benzene rings is 1. The van der Waals surface area contributed by atoms with Crippen molar-refractivity contribution in [1.82, 2.24) is 10.3 Å². The standard InChI is InChI=1S/C16H19FN4S/c1-21(2)15(12-4-3-9-18-10-12)11-19-16(22)20-14-7-5-13(17)6-8-14/h3-10,15H,11H2,1-2H3,(H2,19,20,22)/p+1. The highest BCUT2D eigenvalue weighted by Gasteiger charge is 2.18. The third kappa shape index (κ3) is 4.75. The van der Waals surface area contributed by atoms with Gasteiger partial charge in [0.15, 0.2) is 5.11 Å². The molecule has 1 aromatic heterocycles. The smallest absolute Gasteiger partial charge is 0.171 e. The molecule has 4 nitrogen and oxygen atoms in total. The molecule has 6 heteroatoms. The Labute approximate surface area is 135 Å². The zero-order valence-corrected chi connectivity index (χ0v) is 13.5. The summed E-state index contributed by atoms with van der Waals surface area (Å²) in [4.78, 5) is 5.45. The number of hydrogen-bond donors (Lipinski definition) is 3. The van der Waals surface area contributed by atoms with Crippen LogP contribution in [-0.2, 0) is 0 Å². The van der Waals surface area contributed by atoms with Crippen LogP contribution in [0.4, 0.5) is 10.1 Å². The number of halogens is 1. The Bertz CT molecular complexity index is 601. The number of aromatic nitrogens is 1. The van der Waals surface area contributed by atoms with E-state index in [1.807, 2.05) is 12.3 Å². The summed E-state index contributed by atoms with van der Waals surface area (Å²) in [5.74, 6) is -0.266. The predicted molar refractivity (Wildman–Crippen MR) is 90.4 cm³/mol. The summed E-state index contributed by atoms with van der Waals surface area (Å²) in [7, 11) is 4.19. The van der Waals surface area contributed by atoms with Gasteiger partial charge in [0.2, 0.25) is 0 Å². The van der Waals surface area contributed by atoms with Crippen molar-refractivity contribution >= 4 is 23.0 Å². The van der Waals surface area contributed by atoms with Crippen LogP contribution in [0.15, 0.2) is 48.8 Å². The van der Waals surface area contributed by atoms with Gasteiger partial charge in [-0.25, -0.2) is 4.39 Å². The SMILES string of the molecule is C[NH+](C)C(CNC(=S)Nc1ccc(F)cc1)c1cccnc1. The minimum Gasteiger partial charge on any atom is -0.356 e. The number of nitrogens with one attached hydrogen (secondary N) is 3. The van der Waals surface area contributed by atoms with Gasteiger partial charge in [0, 0.05) is 23.6 Å². The zero-order chi connectivity index (χ0) is 15.9. The van der Waals surface area contributed by atoms with Crippen LogP contribution >= 0.6 is 12.2 Å². The molecule has 1 aromatic carbocycles. The largest absolute Gasteiger partial charge is 0.356 e. The van der Waals surface area contributed by atoms with Gasteiger partial charge in [-0.2, -0.15) is 0 Å². The molecule has 0 fully saturated rings. The number of anilines is 1. The van der Waals surface area contributed by atoms with Crippen molar-refractivity contribution in [1.29, 1.82) is 0 Å². The molecule has 0 bridgehead atoms. The Morgan fingerprint density at radius 1 is 1.27 bits per heavy atom. The third-order valence-electron chi connectivity index (χ3n) is 3.35. The van der Waals surface area contributed by atoms with Crippen LogP contribution < -0.4 is 15.5 Å². The molecule has 0 aliphatic heterocycles. The molecule has 1 unspecified atom stereocenters. The van der Waals surface area contributed by atoms with Crippen LogP contribution in [0.3, 0.4) is 0 Å². The second kappa shape index (κ2) is 7.82. The second-order valence-electron chi connectivity index (χ2n) is 5.26. The van der Waals surface area contributed by atoms with Crippen molar-refractivity contribution in [3.05, 3.63) is 60.2 Å². The maximum absolute atomic E-state index is 12.9. The lowest BCUT2D eigenvalue weighted by molar-refractivity contribution is -0.890. The van der Waals surface area contributed by atoms with Crippen molar-refractivity contribution in [3.8, 4) is 0 Å². The van der Waals surface area contributed by atoms with E-state index in [0.717, 1.165) is 11.3 Å². The maximum Gasteiger partial charge on any atom is 0.171 e. The van der Waals surface area contributed by atoms with Crippen LogP contribution in [0, 0.1) is 5.82 Å². The van der Waals surface area contributed by atoms with Crippen molar-refractivity contribution in [2.24, 2.45) is 0 Å². The van der Waals surface area contributed by atoms with E-state index >= 15 is 0 Å². The minimum absolute atomic E-state index is 0.238. The van der Waals surface area contributed by atoms with E-state index in [1.54, 1.807) is 18.3 Å². The molecule has 22 heavy (non-hydrogen) atoms. The first-order chi connectivity index (χ1) is 10.6. The molecule has 1 atom stereocenters. The normalized spacial score (nSPS) is 12.0. The lowest BCUT2D eigenvalue weighted by Gasteiger charge is -2.22. The van der Waals surface area contributed by atoms with Gasteiger partial charge < -0.3 is 15.5 Å². The summed E-state index contributed by atoms with van der Waals surface area (Å²) in [5, 5.41) is 6.76. The molecular formula is C16H20FN4S+. The summed E-state index contributed by atoms with van der Waals surface area (Å²) in [6.45, 7) is 0.682. The van der Waals surface area contributed by atoms with Gasteiger partial charge in [-0.05, 0) is 48.6 Å². The molecule has 3 N–H and O–H groups in total. The predicted octanol–water partition coefficient (Wildman–Crippen LogP) is 1.39. The number of hydrogen-bond acceptors (Lipinski definition) is 2. The molecule has 0 aliphatic carbocycles. The van der Waals surface area contributed by atoms with Gasteiger partial charge in [0.05, 0.1) is 20.6 Å². The summed E-state index contributed by atoms with van der Waals surface area (Å²) in [6.07, 6.45) is 3.63. The summed E-state index contributed by atoms with van der Waals surface area (Å²) in [6, 6.07) is 10.3. The summed E-state index contributed by atoms with van der Waals surface area (Å²) < 4.78 is 12.9. The quantitative estimate of drug-likeness (QED) is 0.729. The highest BCUT2D eigenvalue weighted by atomic mass is 32.1. The Balaban J connectivity index is 1.92. The molecule has 1 heterocycles. The van der Waals surface area contributed by atoms with Crippen LogP contribution in [0.2, 0.25) is 0 Å². The van der Waals surface area contributed by atoms with E-state index < -0.39 is 0 Å². The van der Waals surface area contributed by atoms with Gasteiger partial charge in [-0.15, -0.1) is 0 Å². The molecule has 0 spiro atoms. The lowest BCUT2D eigenvalue weighted by atomic mass is 10.1. The monoisotopic (exact) mass is 319 g/mol. The maximum atomic E-state index is 12.9. The number of rotatable bonds is 5. The van der Waals surface area contributed by atoms with Crippen molar-refractivity contribution in [2.75, 3.05) is 26.0 Å². The first-order valence-corrected chi connectivity index (χ1v) is 7.47. The molecule has 0 amide bonds. The van der Waals surface area contributed by atoms with Crippen LogP contribution in [0.5, 0.6) is 0 Å². The molecule has 0 radical (unpaired) electrons. The molecule has 0 saturated carbocycles. The fraction of sp³-hybridized carbons (Fsp3) is 0.250. The Morgan fingerprint density at radius 3 is 2.59 bits per heavy atom. The fourth-order valence-electron chi connectivity index (χ4n) is 2.14. The zero-order valence-electron chi connectivity index (χ0n) is 12.6. The van der Waals surface area contributed by atoms with Gasteiger partial charge >= 0.3 is 0 Å². The van der Waals surface area contributed by atoms with Gasteiger partial charge in [-0.1, -0.05) is 0 Å². The number of nitrogens with zero attached hydrogens (tertiary/aromatic N) is 1. The first-order valence-electron chi connectivity index (χ1n) is 7.06. The van der Waals surface area contributed by atoms with E-state index in [9.17, 15) is 4.39 Å². The number of thiocarbonyl (C=S) groups is 1. The van der Waals surface area contributed by atoms with Gasteiger partial charge in [-0.3, -0.25) is 4.98 Å². The van der Waals surface area contributed by atoms with Gasteiger partial charge in [0.1, 0.15) is 11.9 Å². The highest BCUT2D eigenvalue weighted by Crippen LogP contribution is 2.09. The highest BCUT2D eigenvalue weighted by molar-refractivity contribution is 7.80. The van der Waals surface area contributed by atoms with Crippen molar-refractivity contribution in [2.45, 2.75) is 6.04 Å². The average Bonchev–Trinajstić information content (AvgIpc) is 2.50. The molecule has 0 saturated heterocycles. The molecule has 116 valence electrons. The Kier molecular flexibility index (Phi) is 5.80. The van der Waals surface area contributed by atoms with E-state index in [4.69, 9.17) is 12.2 Å². The van der Waals surface area contributed by atoms with Crippen molar-refractivity contribution in [3.63, 3.8) is 0 Å². The van der Waals surface area contributed by atoms with E-state index in [1.165, 1.54) is 17.0 Å². The lowest BCUT2D eigenvalue weighted by Crippen LogP contribution is -3.07. The summed E-state index contributed by atoms with van der Waals surface area (Å²) >= 11 is 5.28. The minimum atomic E-state index is -0.266. The second-order valence-corrected chi connectivity index (χ2v) is 5.67. The average molecular weight is 319 g/mol. The van der Waals surface area contributed by atoms with Gasteiger partial charge in [0.25, 0.3) is 0 Å². The molecule has 0 aliphatic rings. The first kappa shape index (κ1) is 16.3. The van der Waals surface area contributed by atoms with Crippen LogP contribution in [-0.4, -0.2) is 30.7 Å². The topological polar surface area (TPSA) is 41.4 Å². The summed E-state index contributed by atoms with van der Waals surface area (Å²) in [5.41, 5.74) is 1.91. The van der Waals surface area contributed by atoms with E-state index in [-0.39, 0.29) is 11.9 Å². The van der Waals surface area contributed by atoms with Crippen LogP contribution in [0.1, 0.15) is 11.6 Å². The third-order valence-corrected chi connectivity index (χ3v) is 3.60. The van der Waals surface area contributed by atoms with Crippen LogP contribution in [0.25, 0.3) is 0 Å². The molecule has 2 aromatic rings. The number of pyridine rings is 1. The Hall–Kier alpha value is -2.05. The van der Waals surface area contributed by atoms with E-state index in [2.05, 4.69) is 35.8 Å². The van der Waals surface area contributed by atoms with E-state index in [0.29, 0.717) is 11.7 Å². The fourth-order valence-corrected chi connectivity index (χ4v) is 2.34. The van der Waals surface area contributed by atoms with Crippen molar-refractivity contribution < 1.29 is 9.29 Å². The Morgan fingerprint density at radius 2 is 2.00 bits per heavy atom. The molecular weight excluding hydrogens is 299 g/mol. The number of quaternary nitrogens is 1.